The molecule has 2 aliphatic heterocycles. The van der Waals surface area contributed by atoms with Crippen molar-refractivity contribution in [2.75, 3.05) is 26.4 Å². The normalized spacial score (nSPS) is 44.6. The van der Waals surface area contributed by atoms with Gasteiger partial charge in [0.05, 0.1) is 38.6 Å². The molecule has 3 aliphatic rings. The lowest BCUT2D eigenvalue weighted by molar-refractivity contribution is -0.105. The zero-order valence-corrected chi connectivity index (χ0v) is 8.19. The van der Waals surface area contributed by atoms with E-state index in [1.807, 2.05) is 0 Å². The van der Waals surface area contributed by atoms with Crippen LogP contribution in [-0.2, 0) is 18.9 Å². The van der Waals surface area contributed by atoms with Crippen LogP contribution in [-0.4, -0.2) is 50.8 Å². The van der Waals surface area contributed by atoms with Crippen molar-refractivity contribution >= 4 is 0 Å². The fraction of sp³-hybridized carbons (Fsp3) is 1.00. The molecule has 0 radical (unpaired) electrons. The lowest BCUT2D eigenvalue weighted by Gasteiger charge is -2.34. The minimum atomic E-state index is 0.384. The van der Waals surface area contributed by atoms with Gasteiger partial charge >= 0.3 is 0 Å². The first-order valence-corrected chi connectivity index (χ1v) is 5.36. The summed E-state index contributed by atoms with van der Waals surface area (Å²) in [5.74, 6) is 0. The fourth-order valence-corrected chi connectivity index (χ4v) is 1.60. The van der Waals surface area contributed by atoms with E-state index in [2.05, 4.69) is 0 Å². The Hall–Kier alpha value is -0.160. The maximum absolute atomic E-state index is 5.62. The van der Waals surface area contributed by atoms with Crippen LogP contribution < -0.4 is 0 Å². The largest absolute Gasteiger partial charge is 0.375 e. The summed E-state index contributed by atoms with van der Waals surface area (Å²) in [4.78, 5) is 0. The van der Waals surface area contributed by atoms with Crippen LogP contribution in [0.3, 0.4) is 0 Å². The predicted octanol–water partition coefficient (Wildman–Crippen LogP) is 0.348. The van der Waals surface area contributed by atoms with Crippen LogP contribution >= 0.6 is 0 Å². The zero-order chi connectivity index (χ0) is 9.38. The van der Waals surface area contributed by atoms with Gasteiger partial charge in [0.2, 0.25) is 0 Å². The van der Waals surface area contributed by atoms with Gasteiger partial charge in [0.25, 0.3) is 0 Å². The molecule has 3 rings (SSSR count). The summed E-state index contributed by atoms with van der Waals surface area (Å²) >= 11 is 0. The van der Waals surface area contributed by atoms with Crippen LogP contribution in [0.5, 0.6) is 0 Å². The molecule has 2 unspecified atom stereocenters. The van der Waals surface area contributed by atoms with Gasteiger partial charge in [-0.3, -0.25) is 0 Å². The molecule has 0 amide bonds. The first kappa shape index (κ1) is 9.09. The number of rotatable bonds is 6. The van der Waals surface area contributed by atoms with Gasteiger partial charge in [-0.2, -0.15) is 0 Å². The third kappa shape index (κ3) is 2.45. The molecule has 0 spiro atoms. The molecule has 14 heavy (non-hydrogen) atoms. The topological polar surface area (TPSA) is 43.5 Å². The van der Waals surface area contributed by atoms with E-state index in [0.29, 0.717) is 24.4 Å². The quantitative estimate of drug-likeness (QED) is 0.580. The van der Waals surface area contributed by atoms with Crippen molar-refractivity contribution in [2.24, 2.45) is 0 Å². The van der Waals surface area contributed by atoms with Gasteiger partial charge in [0.15, 0.2) is 0 Å². The van der Waals surface area contributed by atoms with E-state index >= 15 is 0 Å². The van der Waals surface area contributed by atoms with Crippen molar-refractivity contribution in [3.8, 4) is 0 Å². The molecule has 0 aromatic carbocycles. The molecule has 0 N–H and O–H groups in total. The van der Waals surface area contributed by atoms with E-state index in [0.717, 1.165) is 39.3 Å². The molecule has 0 aromatic rings. The SMILES string of the molecule is C1OC1COC1CC(OCC2CO2)C1. The number of hydrogen-bond donors (Lipinski definition) is 0. The first-order chi connectivity index (χ1) is 6.90. The lowest BCUT2D eigenvalue weighted by Crippen LogP contribution is -2.38. The van der Waals surface area contributed by atoms with Gasteiger partial charge in [-0.15, -0.1) is 0 Å². The smallest absolute Gasteiger partial charge is 0.104 e. The highest BCUT2D eigenvalue weighted by atomic mass is 16.6. The van der Waals surface area contributed by atoms with E-state index in [1.165, 1.54) is 0 Å². The second-order valence-corrected chi connectivity index (χ2v) is 4.29. The lowest BCUT2D eigenvalue weighted by atomic mass is 9.92. The summed E-state index contributed by atoms with van der Waals surface area (Å²) in [5.41, 5.74) is 0. The number of ether oxygens (including phenoxy) is 4. The van der Waals surface area contributed by atoms with E-state index in [1.54, 1.807) is 0 Å². The Morgan fingerprint density at radius 2 is 1.29 bits per heavy atom. The summed E-state index contributed by atoms with van der Waals surface area (Å²) in [5, 5.41) is 0. The third-order valence-electron chi connectivity index (χ3n) is 2.89. The van der Waals surface area contributed by atoms with Crippen molar-refractivity contribution in [1.29, 1.82) is 0 Å². The van der Waals surface area contributed by atoms with Gasteiger partial charge in [0.1, 0.15) is 12.2 Å². The van der Waals surface area contributed by atoms with Crippen molar-refractivity contribution in [3.05, 3.63) is 0 Å². The molecule has 3 fully saturated rings. The van der Waals surface area contributed by atoms with E-state index < -0.39 is 0 Å². The molecule has 4 nitrogen and oxygen atoms in total. The highest BCUT2D eigenvalue weighted by molar-refractivity contribution is 4.83. The number of epoxide rings is 2. The maximum Gasteiger partial charge on any atom is 0.104 e. The van der Waals surface area contributed by atoms with Crippen molar-refractivity contribution in [1.82, 2.24) is 0 Å². The molecule has 2 atom stereocenters. The Bertz CT molecular complexity index is 174. The second kappa shape index (κ2) is 3.77. The van der Waals surface area contributed by atoms with E-state index in [-0.39, 0.29) is 0 Å². The van der Waals surface area contributed by atoms with Gasteiger partial charge < -0.3 is 18.9 Å². The summed E-state index contributed by atoms with van der Waals surface area (Å²) in [7, 11) is 0. The Balaban J connectivity index is 1.23. The Labute approximate surface area is 83.5 Å². The van der Waals surface area contributed by atoms with Crippen LogP contribution in [0.1, 0.15) is 12.8 Å². The number of hydrogen-bond acceptors (Lipinski definition) is 4. The second-order valence-electron chi connectivity index (χ2n) is 4.29. The monoisotopic (exact) mass is 200 g/mol. The van der Waals surface area contributed by atoms with Gasteiger partial charge in [-0.25, -0.2) is 0 Å². The summed E-state index contributed by atoms with van der Waals surface area (Å²) in [6.45, 7) is 3.30. The molecular formula is C10H16O4. The predicted molar refractivity (Wildman–Crippen MR) is 48.2 cm³/mol. The summed E-state index contributed by atoms with van der Waals surface area (Å²) in [6, 6.07) is 0. The summed E-state index contributed by atoms with van der Waals surface area (Å²) < 4.78 is 21.4. The molecule has 1 saturated carbocycles. The van der Waals surface area contributed by atoms with Crippen LogP contribution in [0.25, 0.3) is 0 Å². The van der Waals surface area contributed by atoms with E-state index in [9.17, 15) is 0 Å². The van der Waals surface area contributed by atoms with Crippen LogP contribution in [0, 0.1) is 0 Å². The maximum atomic E-state index is 5.62. The molecule has 1 aliphatic carbocycles. The molecule has 0 aromatic heterocycles. The Morgan fingerprint density at radius 1 is 0.857 bits per heavy atom. The standard InChI is InChI=1S/C10H16O4/c1-7(11-3-9-5-13-9)2-8(1)12-4-10-6-14-10/h7-10H,1-6H2. The van der Waals surface area contributed by atoms with Crippen LogP contribution in [0.2, 0.25) is 0 Å². The average Bonchev–Trinajstić information content (AvgIpc) is 2.97. The van der Waals surface area contributed by atoms with Crippen molar-refractivity contribution in [3.63, 3.8) is 0 Å². The fourth-order valence-electron chi connectivity index (χ4n) is 1.60. The molecule has 80 valence electrons. The molecular weight excluding hydrogens is 184 g/mol. The van der Waals surface area contributed by atoms with Crippen LogP contribution in [0.4, 0.5) is 0 Å². The molecule has 2 heterocycles. The molecule has 0 bridgehead atoms. The summed E-state index contributed by atoms with van der Waals surface area (Å²) in [6.07, 6.45) is 3.66. The molecule has 4 heteroatoms. The Kier molecular flexibility index (Phi) is 2.45. The van der Waals surface area contributed by atoms with Crippen molar-refractivity contribution in [2.45, 2.75) is 37.3 Å². The first-order valence-electron chi connectivity index (χ1n) is 5.36. The average molecular weight is 200 g/mol. The Morgan fingerprint density at radius 3 is 1.64 bits per heavy atom. The highest BCUT2D eigenvalue weighted by Crippen LogP contribution is 2.28. The minimum Gasteiger partial charge on any atom is -0.375 e. The molecule has 2 saturated heterocycles. The van der Waals surface area contributed by atoms with Gasteiger partial charge in [-0.05, 0) is 12.8 Å². The van der Waals surface area contributed by atoms with Gasteiger partial charge in [0, 0.05) is 0 Å². The van der Waals surface area contributed by atoms with Crippen molar-refractivity contribution < 1.29 is 18.9 Å². The zero-order valence-electron chi connectivity index (χ0n) is 8.19. The highest BCUT2D eigenvalue weighted by Gasteiger charge is 2.34. The van der Waals surface area contributed by atoms with Crippen LogP contribution in [0.15, 0.2) is 0 Å². The van der Waals surface area contributed by atoms with E-state index in [4.69, 9.17) is 18.9 Å². The minimum absolute atomic E-state index is 0.384. The third-order valence-corrected chi connectivity index (χ3v) is 2.89. The van der Waals surface area contributed by atoms with Gasteiger partial charge in [-0.1, -0.05) is 0 Å².